The molecule has 0 fully saturated rings. The third-order valence-electron chi connectivity index (χ3n) is 0.827. The van der Waals surface area contributed by atoms with Gasteiger partial charge in [0.1, 0.15) is 0 Å². The van der Waals surface area contributed by atoms with Gasteiger partial charge in [-0.3, -0.25) is 4.79 Å². The van der Waals surface area contributed by atoms with Crippen LogP contribution < -0.4 is 5.73 Å². The minimum Gasteiger partial charge on any atom is -0.369 e. The molecule has 48 valence electrons. The van der Waals surface area contributed by atoms with Crippen molar-refractivity contribution in [2.24, 2.45) is 11.7 Å². The Kier molecular flexibility index (Phi) is 2.37. The molecular weight excluding hydrogens is 116 g/mol. The maximum atomic E-state index is 11.4. The zero-order chi connectivity index (χ0) is 6.73. The van der Waals surface area contributed by atoms with Crippen LogP contribution in [0.2, 0.25) is 0 Å². The van der Waals surface area contributed by atoms with Crippen molar-refractivity contribution in [2.75, 3.05) is 0 Å². The van der Waals surface area contributed by atoms with Crippen molar-refractivity contribution in [3.05, 3.63) is 0 Å². The molecule has 0 aliphatic heterocycles. The van der Waals surface area contributed by atoms with Gasteiger partial charge in [0.2, 0.25) is 12.3 Å². The fourth-order valence-corrected chi connectivity index (χ4v) is 0.124. The van der Waals surface area contributed by atoms with E-state index in [1.807, 2.05) is 0 Å². The highest BCUT2D eigenvalue weighted by molar-refractivity contribution is 5.76. The average Bonchev–Trinajstić information content (AvgIpc) is 1.64. The Bertz CT molecular complexity index is 94.0. The van der Waals surface area contributed by atoms with Crippen LogP contribution >= 0.6 is 0 Å². The Hall–Kier alpha value is -0.670. The van der Waals surface area contributed by atoms with Crippen molar-refractivity contribution in [3.63, 3.8) is 0 Å². The number of primary amides is 1. The summed E-state index contributed by atoms with van der Waals surface area (Å²) in [5.74, 6) is -2.28. The lowest BCUT2D eigenvalue weighted by molar-refractivity contribution is -0.125. The molecule has 0 aliphatic carbocycles. The van der Waals surface area contributed by atoms with Gasteiger partial charge in [0.25, 0.3) is 0 Å². The highest BCUT2D eigenvalue weighted by Gasteiger charge is 2.19. The van der Waals surface area contributed by atoms with Gasteiger partial charge < -0.3 is 5.73 Å². The maximum Gasteiger partial charge on any atom is 0.249 e. The molecule has 0 aromatic rings. The van der Waals surface area contributed by atoms with Crippen LogP contribution in [0, 0.1) is 5.92 Å². The van der Waals surface area contributed by atoms with Crippen molar-refractivity contribution in [2.45, 2.75) is 13.3 Å². The summed E-state index contributed by atoms with van der Waals surface area (Å²) < 4.78 is 22.8. The zero-order valence-corrected chi connectivity index (χ0v) is 4.40. The second-order valence-electron chi connectivity index (χ2n) is 1.53. The molecule has 2 nitrogen and oxygen atoms in total. The average molecular weight is 123 g/mol. The molecule has 0 bridgehead atoms. The lowest BCUT2D eigenvalue weighted by atomic mass is 10.2. The van der Waals surface area contributed by atoms with Gasteiger partial charge >= 0.3 is 0 Å². The van der Waals surface area contributed by atoms with E-state index < -0.39 is 18.3 Å². The molecule has 0 unspecified atom stereocenters. The number of carbonyl (C=O) groups excluding carboxylic acids is 1. The number of rotatable bonds is 2. The molecule has 0 spiro atoms. The van der Waals surface area contributed by atoms with Gasteiger partial charge in [0, 0.05) is 0 Å². The molecule has 8 heavy (non-hydrogen) atoms. The van der Waals surface area contributed by atoms with Crippen LogP contribution in [0.3, 0.4) is 0 Å². The first-order valence-electron chi connectivity index (χ1n) is 2.13. The van der Waals surface area contributed by atoms with E-state index in [1.165, 1.54) is 0 Å². The second-order valence-corrected chi connectivity index (χ2v) is 1.53. The standard InChI is InChI=1S/C4H7F2NO/c1-2(3(5)6)4(7)8/h2-3H,1H3,(H2,7,8)/t2-/m0/s1. The van der Waals surface area contributed by atoms with Crippen molar-refractivity contribution < 1.29 is 13.6 Å². The molecule has 4 heteroatoms. The highest BCUT2D eigenvalue weighted by atomic mass is 19.3. The number of amides is 1. The smallest absolute Gasteiger partial charge is 0.249 e. The molecular formula is C4H7F2NO. The number of alkyl halides is 2. The van der Waals surface area contributed by atoms with Gasteiger partial charge in [0.05, 0.1) is 5.92 Å². The van der Waals surface area contributed by atoms with E-state index in [0.29, 0.717) is 0 Å². The third kappa shape index (κ3) is 1.86. The minimum atomic E-state index is -2.63. The number of hydrogen-bond donors (Lipinski definition) is 1. The van der Waals surface area contributed by atoms with Crippen molar-refractivity contribution in [3.8, 4) is 0 Å². The van der Waals surface area contributed by atoms with Gasteiger partial charge in [0.15, 0.2) is 0 Å². The van der Waals surface area contributed by atoms with Crippen molar-refractivity contribution >= 4 is 5.91 Å². The van der Waals surface area contributed by atoms with Gasteiger partial charge in [-0.15, -0.1) is 0 Å². The van der Waals surface area contributed by atoms with Gasteiger partial charge in [-0.2, -0.15) is 0 Å². The summed E-state index contributed by atoms with van der Waals surface area (Å²) in [5.41, 5.74) is 4.52. The summed E-state index contributed by atoms with van der Waals surface area (Å²) >= 11 is 0. The summed E-state index contributed by atoms with van der Waals surface area (Å²) in [6, 6.07) is 0. The largest absolute Gasteiger partial charge is 0.369 e. The Morgan fingerprint density at radius 1 is 1.62 bits per heavy atom. The van der Waals surface area contributed by atoms with E-state index in [2.05, 4.69) is 5.73 Å². The molecule has 0 rings (SSSR count). The summed E-state index contributed by atoms with van der Waals surface area (Å²) in [7, 11) is 0. The van der Waals surface area contributed by atoms with E-state index in [4.69, 9.17) is 0 Å². The fourth-order valence-electron chi connectivity index (χ4n) is 0.124. The molecule has 2 N–H and O–H groups in total. The van der Waals surface area contributed by atoms with Crippen LogP contribution in [0.15, 0.2) is 0 Å². The van der Waals surface area contributed by atoms with Crippen LogP contribution in [0.1, 0.15) is 6.92 Å². The zero-order valence-electron chi connectivity index (χ0n) is 4.40. The maximum absolute atomic E-state index is 11.4. The van der Waals surface area contributed by atoms with E-state index in [1.54, 1.807) is 0 Å². The lowest BCUT2D eigenvalue weighted by Crippen LogP contribution is -2.26. The molecule has 0 aromatic heterocycles. The van der Waals surface area contributed by atoms with Crippen LogP contribution in [-0.2, 0) is 4.79 Å². The summed E-state index contributed by atoms with van der Waals surface area (Å²) in [6.07, 6.45) is -2.63. The molecule has 0 saturated carbocycles. The SMILES string of the molecule is C[C@H](C(N)=O)C(F)F. The summed E-state index contributed by atoms with van der Waals surface area (Å²) in [5, 5.41) is 0. The van der Waals surface area contributed by atoms with Gasteiger partial charge in [-0.25, -0.2) is 8.78 Å². The van der Waals surface area contributed by atoms with Crippen molar-refractivity contribution in [1.82, 2.24) is 0 Å². The predicted octanol–water partition coefficient (Wildman–Crippen LogP) is 0.373. The Morgan fingerprint density at radius 2 is 2.00 bits per heavy atom. The first-order valence-corrected chi connectivity index (χ1v) is 2.13. The third-order valence-corrected chi connectivity index (χ3v) is 0.827. The molecule has 0 radical (unpaired) electrons. The first-order chi connectivity index (χ1) is 3.55. The lowest BCUT2D eigenvalue weighted by Gasteiger charge is -2.02. The minimum absolute atomic E-state index is 0.958. The van der Waals surface area contributed by atoms with E-state index >= 15 is 0 Å². The van der Waals surface area contributed by atoms with Crippen LogP contribution in [-0.4, -0.2) is 12.3 Å². The van der Waals surface area contributed by atoms with Crippen LogP contribution in [0.25, 0.3) is 0 Å². The topological polar surface area (TPSA) is 43.1 Å². The second kappa shape index (κ2) is 2.59. The molecule has 0 aromatic carbocycles. The van der Waals surface area contributed by atoms with Gasteiger partial charge in [-0.1, -0.05) is 0 Å². The fraction of sp³-hybridized carbons (Fsp3) is 0.750. The molecule has 1 amide bonds. The monoisotopic (exact) mass is 123 g/mol. The summed E-state index contributed by atoms with van der Waals surface area (Å²) in [4.78, 5) is 9.88. The quantitative estimate of drug-likeness (QED) is 0.566. The Labute approximate surface area is 45.7 Å². The Morgan fingerprint density at radius 3 is 2.00 bits per heavy atom. The Balaban J connectivity index is 3.64. The molecule has 0 heterocycles. The summed E-state index contributed by atoms with van der Waals surface area (Å²) in [6.45, 7) is 1.09. The first kappa shape index (κ1) is 7.33. The van der Waals surface area contributed by atoms with Crippen LogP contribution in [0.4, 0.5) is 8.78 Å². The van der Waals surface area contributed by atoms with E-state index in [0.717, 1.165) is 6.92 Å². The number of hydrogen-bond acceptors (Lipinski definition) is 1. The predicted molar refractivity (Wildman–Crippen MR) is 24.4 cm³/mol. The molecule has 1 atom stereocenters. The van der Waals surface area contributed by atoms with Crippen LogP contribution in [0.5, 0.6) is 0 Å². The number of carbonyl (C=O) groups is 1. The van der Waals surface area contributed by atoms with Crippen molar-refractivity contribution in [1.29, 1.82) is 0 Å². The normalized spacial score (nSPS) is 14.0. The number of nitrogens with two attached hydrogens (primary N) is 1. The molecule has 0 aliphatic rings. The number of halogens is 2. The highest BCUT2D eigenvalue weighted by Crippen LogP contribution is 2.06. The van der Waals surface area contributed by atoms with E-state index in [-0.39, 0.29) is 0 Å². The molecule has 0 saturated heterocycles. The van der Waals surface area contributed by atoms with E-state index in [9.17, 15) is 13.6 Å². The van der Waals surface area contributed by atoms with Gasteiger partial charge in [-0.05, 0) is 6.92 Å².